The molecular formula is C13H13ClN2O3. The number of ether oxygens (including phenoxy) is 1. The molecule has 19 heavy (non-hydrogen) atoms. The third-order valence-electron chi connectivity index (χ3n) is 2.77. The summed E-state index contributed by atoms with van der Waals surface area (Å²) in [4.78, 5) is 15.1. The van der Waals surface area contributed by atoms with E-state index in [4.69, 9.17) is 27.2 Å². The number of methoxy groups -OCH3 is 1. The first-order valence-corrected chi connectivity index (χ1v) is 6.00. The minimum absolute atomic E-state index is 0.176. The van der Waals surface area contributed by atoms with E-state index in [1.807, 2.05) is 6.07 Å². The van der Waals surface area contributed by atoms with Crippen LogP contribution in [-0.4, -0.2) is 29.2 Å². The van der Waals surface area contributed by atoms with Gasteiger partial charge in [0, 0.05) is 17.5 Å². The van der Waals surface area contributed by atoms with Gasteiger partial charge < -0.3 is 15.6 Å². The number of carboxylic acids is 1. The number of hydrogen-bond donors (Lipinski definition) is 2. The first kappa shape index (κ1) is 13.6. The second kappa shape index (κ2) is 5.42. The van der Waals surface area contributed by atoms with Crippen LogP contribution in [0.3, 0.4) is 0 Å². The number of pyridine rings is 1. The molecular weight excluding hydrogens is 268 g/mol. The molecule has 1 aromatic heterocycles. The Morgan fingerprint density at radius 2 is 2.26 bits per heavy atom. The number of benzene rings is 1. The second-order valence-corrected chi connectivity index (χ2v) is 4.54. The van der Waals surface area contributed by atoms with E-state index in [1.54, 1.807) is 25.3 Å². The fourth-order valence-electron chi connectivity index (χ4n) is 1.75. The minimum atomic E-state index is -1.05. The van der Waals surface area contributed by atoms with E-state index in [9.17, 15) is 4.79 Å². The van der Waals surface area contributed by atoms with Crippen molar-refractivity contribution in [3.8, 4) is 5.75 Å². The number of carboxylic acid groups (broad SMARTS) is 1. The third kappa shape index (κ3) is 2.94. The molecule has 0 amide bonds. The van der Waals surface area contributed by atoms with Crippen LogP contribution >= 0.6 is 11.6 Å². The number of aliphatic carboxylic acids is 1. The number of carbonyl (C=O) groups is 1. The predicted molar refractivity (Wildman–Crippen MR) is 72.6 cm³/mol. The van der Waals surface area contributed by atoms with Crippen molar-refractivity contribution >= 4 is 28.5 Å². The van der Waals surface area contributed by atoms with Crippen molar-refractivity contribution in [2.24, 2.45) is 5.73 Å². The average molecular weight is 281 g/mol. The molecule has 100 valence electrons. The summed E-state index contributed by atoms with van der Waals surface area (Å²) in [6.45, 7) is 0. The normalized spacial score (nSPS) is 12.4. The van der Waals surface area contributed by atoms with Crippen LogP contribution in [-0.2, 0) is 11.2 Å². The summed E-state index contributed by atoms with van der Waals surface area (Å²) in [6, 6.07) is 6.10. The van der Waals surface area contributed by atoms with Crippen LogP contribution in [0.1, 0.15) is 5.69 Å². The average Bonchev–Trinajstić information content (AvgIpc) is 2.37. The molecule has 0 aliphatic rings. The summed E-state index contributed by atoms with van der Waals surface area (Å²) in [5.74, 6) is -0.472. The Labute approximate surface area is 115 Å². The van der Waals surface area contributed by atoms with Gasteiger partial charge in [-0.05, 0) is 18.2 Å². The number of aromatic nitrogens is 1. The molecule has 0 saturated carbocycles. The molecule has 0 bridgehead atoms. The van der Waals surface area contributed by atoms with E-state index in [0.29, 0.717) is 22.0 Å². The summed E-state index contributed by atoms with van der Waals surface area (Å²) in [5, 5.41) is 10.1. The van der Waals surface area contributed by atoms with Gasteiger partial charge in [0.2, 0.25) is 0 Å². The highest BCUT2D eigenvalue weighted by Crippen LogP contribution is 2.29. The van der Waals surface area contributed by atoms with Crippen LogP contribution < -0.4 is 10.5 Å². The Kier molecular flexibility index (Phi) is 3.87. The monoisotopic (exact) mass is 280 g/mol. The van der Waals surface area contributed by atoms with Gasteiger partial charge in [-0.2, -0.15) is 0 Å². The van der Waals surface area contributed by atoms with Crippen molar-refractivity contribution in [1.29, 1.82) is 0 Å². The molecule has 1 unspecified atom stereocenters. The summed E-state index contributed by atoms with van der Waals surface area (Å²) in [5.41, 5.74) is 6.78. The molecule has 5 nitrogen and oxygen atoms in total. The third-order valence-corrected chi connectivity index (χ3v) is 3.06. The number of nitrogens with zero attached hydrogens (tertiary/aromatic N) is 1. The van der Waals surface area contributed by atoms with Crippen molar-refractivity contribution in [1.82, 2.24) is 4.98 Å². The smallest absolute Gasteiger partial charge is 0.320 e. The zero-order chi connectivity index (χ0) is 14.0. The highest BCUT2D eigenvalue weighted by atomic mass is 35.5. The van der Waals surface area contributed by atoms with Gasteiger partial charge in [-0.1, -0.05) is 17.7 Å². The summed E-state index contributed by atoms with van der Waals surface area (Å²) < 4.78 is 5.12. The van der Waals surface area contributed by atoms with Crippen LogP contribution in [0.4, 0.5) is 0 Å². The van der Waals surface area contributed by atoms with Crippen molar-refractivity contribution in [3.05, 3.63) is 35.0 Å². The molecule has 1 aromatic carbocycles. The standard InChI is InChI=1S/C13H13ClN2O3/c1-19-12-4-7-2-3-8(5-10(15)13(17)18)16-11(7)6-9(12)14/h2-4,6,10H,5,15H2,1H3,(H,17,18). The Bertz CT molecular complexity index is 631. The highest BCUT2D eigenvalue weighted by Gasteiger charge is 2.13. The van der Waals surface area contributed by atoms with Gasteiger partial charge in [-0.25, -0.2) is 0 Å². The molecule has 3 N–H and O–H groups in total. The van der Waals surface area contributed by atoms with Gasteiger partial charge in [0.25, 0.3) is 0 Å². The van der Waals surface area contributed by atoms with E-state index in [0.717, 1.165) is 5.39 Å². The van der Waals surface area contributed by atoms with E-state index in [-0.39, 0.29) is 6.42 Å². The minimum Gasteiger partial charge on any atom is -0.495 e. The SMILES string of the molecule is COc1cc2ccc(CC(N)C(=O)O)nc2cc1Cl. The van der Waals surface area contributed by atoms with E-state index in [2.05, 4.69) is 4.98 Å². The molecule has 1 heterocycles. The number of halogens is 1. The molecule has 0 saturated heterocycles. The van der Waals surface area contributed by atoms with Crippen LogP contribution in [0.15, 0.2) is 24.3 Å². The molecule has 0 radical (unpaired) electrons. The first-order valence-electron chi connectivity index (χ1n) is 5.63. The lowest BCUT2D eigenvalue weighted by Gasteiger charge is -2.08. The maximum Gasteiger partial charge on any atom is 0.320 e. The lowest BCUT2D eigenvalue weighted by molar-refractivity contribution is -0.138. The maximum atomic E-state index is 10.7. The summed E-state index contributed by atoms with van der Waals surface area (Å²) in [7, 11) is 1.54. The zero-order valence-corrected chi connectivity index (χ0v) is 11.0. The maximum absolute atomic E-state index is 10.7. The van der Waals surface area contributed by atoms with E-state index < -0.39 is 12.0 Å². The van der Waals surface area contributed by atoms with Crippen molar-refractivity contribution in [2.45, 2.75) is 12.5 Å². The highest BCUT2D eigenvalue weighted by molar-refractivity contribution is 6.32. The topological polar surface area (TPSA) is 85.4 Å². The van der Waals surface area contributed by atoms with Crippen LogP contribution in [0.5, 0.6) is 5.75 Å². The van der Waals surface area contributed by atoms with Crippen molar-refractivity contribution in [2.75, 3.05) is 7.11 Å². The molecule has 0 fully saturated rings. The van der Waals surface area contributed by atoms with Crippen LogP contribution in [0.25, 0.3) is 10.9 Å². The molecule has 0 aliphatic carbocycles. The van der Waals surface area contributed by atoms with Crippen LogP contribution in [0, 0.1) is 0 Å². The van der Waals surface area contributed by atoms with Gasteiger partial charge >= 0.3 is 5.97 Å². The van der Waals surface area contributed by atoms with Gasteiger partial charge in [-0.15, -0.1) is 0 Å². The Balaban J connectivity index is 2.38. The Morgan fingerprint density at radius 1 is 1.53 bits per heavy atom. The number of nitrogens with two attached hydrogens (primary N) is 1. The van der Waals surface area contributed by atoms with Crippen molar-refractivity contribution < 1.29 is 14.6 Å². The summed E-state index contributed by atoms with van der Waals surface area (Å²) in [6.07, 6.45) is 0.176. The van der Waals surface area contributed by atoms with Gasteiger partial charge in [0.1, 0.15) is 11.8 Å². The number of hydrogen-bond acceptors (Lipinski definition) is 4. The lowest BCUT2D eigenvalue weighted by Crippen LogP contribution is -2.32. The van der Waals surface area contributed by atoms with Gasteiger partial charge in [0.15, 0.2) is 0 Å². The molecule has 0 spiro atoms. The summed E-state index contributed by atoms with van der Waals surface area (Å²) >= 11 is 6.03. The second-order valence-electron chi connectivity index (χ2n) is 4.13. The van der Waals surface area contributed by atoms with Gasteiger partial charge in [-0.3, -0.25) is 9.78 Å². The first-order chi connectivity index (χ1) is 9.01. The molecule has 6 heteroatoms. The molecule has 2 aromatic rings. The largest absolute Gasteiger partial charge is 0.495 e. The van der Waals surface area contributed by atoms with Gasteiger partial charge in [0.05, 0.1) is 17.6 Å². The van der Waals surface area contributed by atoms with E-state index >= 15 is 0 Å². The zero-order valence-electron chi connectivity index (χ0n) is 10.3. The molecule has 0 aliphatic heterocycles. The molecule has 1 atom stereocenters. The fraction of sp³-hybridized carbons (Fsp3) is 0.231. The molecule has 2 rings (SSSR count). The van der Waals surface area contributed by atoms with E-state index in [1.165, 1.54) is 0 Å². The van der Waals surface area contributed by atoms with Crippen LogP contribution in [0.2, 0.25) is 5.02 Å². The predicted octanol–water partition coefficient (Wildman–Crippen LogP) is 1.85. The Hall–Kier alpha value is -1.85. The Morgan fingerprint density at radius 3 is 2.89 bits per heavy atom. The quantitative estimate of drug-likeness (QED) is 0.893. The fourth-order valence-corrected chi connectivity index (χ4v) is 1.98. The number of fused-ring (bicyclic) bond motifs is 1. The van der Waals surface area contributed by atoms with Crippen molar-refractivity contribution in [3.63, 3.8) is 0 Å². The number of rotatable bonds is 4. The lowest BCUT2D eigenvalue weighted by atomic mass is 10.1.